The van der Waals surface area contributed by atoms with Crippen molar-refractivity contribution in [3.8, 4) is 5.69 Å². The Morgan fingerprint density at radius 1 is 1.15 bits per heavy atom. The zero-order chi connectivity index (χ0) is 18.2. The number of hydrogen-bond donors (Lipinski definition) is 1. The Balaban J connectivity index is 1.44. The summed E-state index contributed by atoms with van der Waals surface area (Å²) in [5.74, 6) is 0. The maximum Gasteiger partial charge on any atom is 0.317 e. The minimum absolute atomic E-state index is 0.0590. The van der Waals surface area contributed by atoms with Crippen LogP contribution in [0.25, 0.3) is 5.69 Å². The lowest BCUT2D eigenvalue weighted by Crippen LogP contribution is -2.44. The number of carbonyl (C=O) groups is 1. The van der Waals surface area contributed by atoms with Crippen LogP contribution in [-0.4, -0.2) is 40.3 Å². The molecule has 3 rings (SSSR count). The van der Waals surface area contributed by atoms with Gasteiger partial charge in [-0.2, -0.15) is 5.10 Å². The van der Waals surface area contributed by atoms with Crippen molar-refractivity contribution in [1.82, 2.24) is 20.0 Å². The van der Waals surface area contributed by atoms with Gasteiger partial charge in [0.2, 0.25) is 0 Å². The molecular weight excluding hydrogens is 324 g/mol. The van der Waals surface area contributed by atoms with E-state index in [1.807, 2.05) is 28.9 Å². The number of hydrogen-bond acceptors (Lipinski definition) is 2. The van der Waals surface area contributed by atoms with Gasteiger partial charge in [0, 0.05) is 32.0 Å². The largest absolute Gasteiger partial charge is 0.338 e. The van der Waals surface area contributed by atoms with E-state index in [9.17, 15) is 4.79 Å². The number of amides is 2. The van der Waals surface area contributed by atoms with E-state index in [0.29, 0.717) is 12.6 Å². The number of rotatable bonds is 5. The Morgan fingerprint density at radius 3 is 2.50 bits per heavy atom. The summed E-state index contributed by atoms with van der Waals surface area (Å²) < 4.78 is 1.84. The number of urea groups is 1. The number of nitrogens with one attached hydrogen (secondary N) is 1. The summed E-state index contributed by atoms with van der Waals surface area (Å²) in [5.41, 5.74) is 2.27. The van der Waals surface area contributed by atoms with E-state index in [1.165, 1.54) is 37.7 Å². The second kappa shape index (κ2) is 9.41. The molecule has 0 unspecified atom stereocenters. The molecule has 0 aliphatic heterocycles. The molecule has 1 aromatic heterocycles. The van der Waals surface area contributed by atoms with Crippen molar-refractivity contribution in [2.45, 2.75) is 57.4 Å². The maximum absolute atomic E-state index is 12.4. The Bertz CT molecular complexity index is 658. The second-order valence-electron chi connectivity index (χ2n) is 7.21. The highest BCUT2D eigenvalue weighted by Gasteiger charge is 2.20. The average molecular weight is 354 g/mol. The molecule has 2 aromatic rings. The molecule has 0 atom stereocenters. The molecule has 1 N–H and O–H groups in total. The quantitative estimate of drug-likeness (QED) is 0.876. The van der Waals surface area contributed by atoms with Crippen LogP contribution in [0.2, 0.25) is 0 Å². The van der Waals surface area contributed by atoms with E-state index >= 15 is 0 Å². The monoisotopic (exact) mass is 354 g/mol. The zero-order valence-corrected chi connectivity index (χ0v) is 15.7. The molecule has 0 saturated heterocycles. The first kappa shape index (κ1) is 18.5. The molecule has 1 fully saturated rings. The summed E-state index contributed by atoms with van der Waals surface area (Å²) in [6.45, 7) is 0.664. The highest BCUT2D eigenvalue weighted by atomic mass is 16.2. The molecule has 1 aromatic carbocycles. The third kappa shape index (κ3) is 5.10. The smallest absolute Gasteiger partial charge is 0.317 e. The Morgan fingerprint density at radius 2 is 1.85 bits per heavy atom. The average Bonchev–Trinajstić information content (AvgIpc) is 3.16. The summed E-state index contributed by atoms with van der Waals surface area (Å²) in [6.07, 6.45) is 13.3. The molecule has 140 valence electrons. The van der Waals surface area contributed by atoms with Crippen LogP contribution >= 0.6 is 0 Å². The van der Waals surface area contributed by atoms with Crippen molar-refractivity contribution >= 4 is 6.03 Å². The molecule has 1 saturated carbocycles. The van der Waals surface area contributed by atoms with Crippen LogP contribution < -0.4 is 5.32 Å². The lowest BCUT2D eigenvalue weighted by atomic mass is 9.96. The van der Waals surface area contributed by atoms with Gasteiger partial charge in [0.25, 0.3) is 0 Å². The van der Waals surface area contributed by atoms with E-state index < -0.39 is 0 Å². The zero-order valence-electron chi connectivity index (χ0n) is 15.7. The first-order valence-corrected chi connectivity index (χ1v) is 9.83. The fraction of sp³-hybridized carbons (Fsp3) is 0.524. The molecule has 1 aliphatic rings. The fourth-order valence-corrected chi connectivity index (χ4v) is 3.66. The van der Waals surface area contributed by atoms with Crippen molar-refractivity contribution in [3.05, 3.63) is 48.3 Å². The normalized spacial score (nSPS) is 15.9. The Hall–Kier alpha value is -2.30. The Labute approximate surface area is 156 Å². The standard InChI is InChI=1S/C21H30N4O/c1-24(19-8-5-3-2-4-6-9-19)21(26)22-16-14-18-10-12-20(13-11-18)25-17-7-15-23-25/h7,10-13,15,17,19H,2-6,8-9,14,16H2,1H3,(H,22,26). The first-order valence-electron chi connectivity index (χ1n) is 9.83. The van der Waals surface area contributed by atoms with Crippen molar-refractivity contribution in [2.24, 2.45) is 0 Å². The van der Waals surface area contributed by atoms with Gasteiger partial charge in [0.05, 0.1) is 5.69 Å². The highest BCUT2D eigenvalue weighted by Crippen LogP contribution is 2.20. The number of carbonyl (C=O) groups excluding carboxylic acids is 1. The van der Waals surface area contributed by atoms with Gasteiger partial charge in [0.15, 0.2) is 0 Å². The van der Waals surface area contributed by atoms with Crippen LogP contribution in [0.15, 0.2) is 42.7 Å². The van der Waals surface area contributed by atoms with E-state index in [4.69, 9.17) is 0 Å². The van der Waals surface area contributed by atoms with Gasteiger partial charge in [-0.1, -0.05) is 44.2 Å². The SMILES string of the molecule is CN(C(=O)NCCc1ccc(-n2cccn2)cc1)C1CCCCCCC1. The number of benzene rings is 1. The van der Waals surface area contributed by atoms with Crippen LogP contribution in [0.5, 0.6) is 0 Å². The van der Waals surface area contributed by atoms with E-state index in [-0.39, 0.29) is 6.03 Å². The van der Waals surface area contributed by atoms with Crippen LogP contribution in [0.1, 0.15) is 50.5 Å². The number of aromatic nitrogens is 2. The minimum atomic E-state index is 0.0590. The molecule has 5 nitrogen and oxygen atoms in total. The van der Waals surface area contributed by atoms with Crippen molar-refractivity contribution in [1.29, 1.82) is 0 Å². The summed E-state index contributed by atoms with van der Waals surface area (Å²) in [6, 6.07) is 10.7. The molecular formula is C21H30N4O. The molecule has 0 radical (unpaired) electrons. The minimum Gasteiger partial charge on any atom is -0.338 e. The predicted octanol–water partition coefficient (Wildman–Crippen LogP) is 4.17. The van der Waals surface area contributed by atoms with Gasteiger partial charge in [0.1, 0.15) is 0 Å². The molecule has 0 bridgehead atoms. The number of nitrogens with zero attached hydrogens (tertiary/aromatic N) is 3. The maximum atomic E-state index is 12.4. The van der Waals surface area contributed by atoms with E-state index in [2.05, 4.69) is 34.7 Å². The second-order valence-corrected chi connectivity index (χ2v) is 7.21. The summed E-state index contributed by atoms with van der Waals surface area (Å²) in [5, 5.41) is 7.31. The third-order valence-corrected chi connectivity index (χ3v) is 5.34. The van der Waals surface area contributed by atoms with Crippen LogP contribution in [0.3, 0.4) is 0 Å². The van der Waals surface area contributed by atoms with Crippen LogP contribution in [0.4, 0.5) is 4.79 Å². The molecule has 5 heteroatoms. The van der Waals surface area contributed by atoms with Crippen molar-refractivity contribution in [3.63, 3.8) is 0 Å². The lowest BCUT2D eigenvalue weighted by molar-refractivity contribution is 0.178. The fourth-order valence-electron chi connectivity index (χ4n) is 3.66. The molecule has 1 aliphatic carbocycles. The predicted molar refractivity (Wildman–Crippen MR) is 105 cm³/mol. The molecule has 2 amide bonds. The molecule has 0 spiro atoms. The van der Waals surface area contributed by atoms with Gasteiger partial charge in [-0.15, -0.1) is 0 Å². The van der Waals surface area contributed by atoms with E-state index in [1.54, 1.807) is 6.20 Å². The van der Waals surface area contributed by atoms with Gasteiger partial charge < -0.3 is 10.2 Å². The molecule has 26 heavy (non-hydrogen) atoms. The van der Waals surface area contributed by atoms with Crippen molar-refractivity contribution in [2.75, 3.05) is 13.6 Å². The van der Waals surface area contributed by atoms with Crippen LogP contribution in [-0.2, 0) is 6.42 Å². The topological polar surface area (TPSA) is 50.2 Å². The summed E-state index contributed by atoms with van der Waals surface area (Å²) in [4.78, 5) is 14.4. The summed E-state index contributed by atoms with van der Waals surface area (Å²) in [7, 11) is 1.94. The van der Waals surface area contributed by atoms with Crippen molar-refractivity contribution < 1.29 is 4.79 Å². The van der Waals surface area contributed by atoms with Gasteiger partial charge in [-0.3, -0.25) is 0 Å². The van der Waals surface area contributed by atoms with Gasteiger partial charge >= 0.3 is 6.03 Å². The van der Waals surface area contributed by atoms with Crippen LogP contribution in [0, 0.1) is 0 Å². The van der Waals surface area contributed by atoms with E-state index in [0.717, 1.165) is 24.9 Å². The summed E-state index contributed by atoms with van der Waals surface area (Å²) >= 11 is 0. The lowest BCUT2D eigenvalue weighted by Gasteiger charge is -2.29. The highest BCUT2D eigenvalue weighted by molar-refractivity contribution is 5.74. The first-order chi connectivity index (χ1) is 12.7. The van der Waals surface area contributed by atoms with Gasteiger partial charge in [-0.05, 0) is 43.0 Å². The van der Waals surface area contributed by atoms with Gasteiger partial charge in [-0.25, -0.2) is 9.48 Å². The Kier molecular flexibility index (Phi) is 6.69. The third-order valence-electron chi connectivity index (χ3n) is 5.34. The molecule has 1 heterocycles.